The number of aromatic nitrogens is 4. The molecule has 0 amide bonds. The van der Waals surface area contributed by atoms with Gasteiger partial charge in [-0.3, -0.25) is 0 Å². The zero-order chi connectivity index (χ0) is 18.1. The Balaban J connectivity index is 0.000000150. The Hall–Kier alpha value is -2.06. The maximum atomic E-state index is 9.05. The van der Waals surface area contributed by atoms with E-state index in [1.165, 1.54) is 0 Å². The zero-order valence-electron chi connectivity index (χ0n) is 13.6. The van der Waals surface area contributed by atoms with Gasteiger partial charge in [0.2, 0.25) is 0 Å². The standard InChI is InChI=1S/C8H8BClN2O2.C8H7ClN2/c1-12-6(9(13)14)4-5-2-3-7(10)11-8(5)12;1-11-5-4-6-2-3-7(9)10-8(6)11/h2-4,13-14H,1H3;2-5H,1H3. The molecule has 0 bridgehead atoms. The molecule has 0 saturated heterocycles. The lowest BCUT2D eigenvalue weighted by atomic mass is 9.86. The molecule has 0 aromatic carbocycles. The van der Waals surface area contributed by atoms with Crippen LogP contribution in [0.1, 0.15) is 0 Å². The third-order valence-corrected chi connectivity index (χ3v) is 4.25. The number of hydrogen-bond donors (Lipinski definition) is 2. The Morgan fingerprint density at radius 1 is 0.880 bits per heavy atom. The van der Waals surface area contributed by atoms with E-state index in [2.05, 4.69) is 9.97 Å². The van der Waals surface area contributed by atoms with E-state index in [1.807, 2.05) is 29.9 Å². The minimum absolute atomic E-state index is 0.387. The second-order valence-electron chi connectivity index (χ2n) is 5.52. The van der Waals surface area contributed by atoms with E-state index in [-0.39, 0.29) is 0 Å². The average molecular weight is 377 g/mol. The number of aryl methyl sites for hydroxylation is 2. The molecule has 0 spiro atoms. The number of pyridine rings is 2. The molecule has 0 atom stereocenters. The van der Waals surface area contributed by atoms with E-state index >= 15 is 0 Å². The summed E-state index contributed by atoms with van der Waals surface area (Å²) < 4.78 is 3.55. The van der Waals surface area contributed by atoms with Crippen LogP contribution in [0.4, 0.5) is 0 Å². The van der Waals surface area contributed by atoms with E-state index in [0.29, 0.717) is 21.5 Å². The summed E-state index contributed by atoms with van der Waals surface area (Å²) in [6.45, 7) is 0. The first-order chi connectivity index (χ1) is 11.9. The normalized spacial score (nSPS) is 10.8. The maximum Gasteiger partial charge on any atom is 0.506 e. The fraction of sp³-hybridized carbons (Fsp3) is 0.125. The van der Waals surface area contributed by atoms with Crippen LogP contribution in [-0.4, -0.2) is 36.3 Å². The lowest BCUT2D eigenvalue weighted by Gasteiger charge is -2.01. The third-order valence-electron chi connectivity index (χ3n) is 3.83. The quantitative estimate of drug-likeness (QED) is 0.394. The largest absolute Gasteiger partial charge is 0.506 e. The van der Waals surface area contributed by atoms with Gasteiger partial charge in [0.05, 0.1) is 0 Å². The van der Waals surface area contributed by atoms with Crippen molar-refractivity contribution in [3.05, 3.63) is 52.9 Å². The van der Waals surface area contributed by atoms with Crippen LogP contribution >= 0.6 is 23.2 Å². The fourth-order valence-corrected chi connectivity index (χ4v) is 2.84. The Morgan fingerprint density at radius 3 is 2.12 bits per heavy atom. The molecular weight excluding hydrogens is 362 g/mol. The topological polar surface area (TPSA) is 76.1 Å². The van der Waals surface area contributed by atoms with Crippen LogP contribution in [0.5, 0.6) is 0 Å². The molecule has 4 heterocycles. The van der Waals surface area contributed by atoms with Crippen molar-refractivity contribution in [1.29, 1.82) is 0 Å². The van der Waals surface area contributed by atoms with Crippen LogP contribution in [0.2, 0.25) is 10.3 Å². The number of nitrogens with zero attached hydrogens (tertiary/aromatic N) is 4. The number of halogens is 2. The van der Waals surface area contributed by atoms with Gasteiger partial charge in [0.25, 0.3) is 0 Å². The highest BCUT2D eigenvalue weighted by Crippen LogP contribution is 2.15. The first-order valence-corrected chi connectivity index (χ1v) is 8.18. The first-order valence-electron chi connectivity index (χ1n) is 7.42. The van der Waals surface area contributed by atoms with Crippen molar-refractivity contribution < 1.29 is 10.0 Å². The minimum atomic E-state index is -1.49. The van der Waals surface area contributed by atoms with E-state index < -0.39 is 7.12 Å². The summed E-state index contributed by atoms with van der Waals surface area (Å²) in [7, 11) is 2.17. The Bertz CT molecular complexity index is 1050. The van der Waals surface area contributed by atoms with Crippen molar-refractivity contribution in [1.82, 2.24) is 19.1 Å². The summed E-state index contributed by atoms with van der Waals surface area (Å²) in [5, 5.41) is 21.0. The van der Waals surface area contributed by atoms with Gasteiger partial charge in [-0.1, -0.05) is 23.2 Å². The lowest BCUT2D eigenvalue weighted by Crippen LogP contribution is -2.34. The first kappa shape index (κ1) is 17.8. The Kier molecular flexibility index (Phi) is 5.01. The van der Waals surface area contributed by atoms with Crippen LogP contribution in [0, 0.1) is 0 Å². The molecule has 6 nitrogen and oxygen atoms in total. The molecule has 0 aliphatic heterocycles. The predicted octanol–water partition coefficient (Wildman–Crippen LogP) is 2.13. The molecule has 0 radical (unpaired) electrons. The van der Waals surface area contributed by atoms with Crippen LogP contribution in [-0.2, 0) is 14.1 Å². The van der Waals surface area contributed by atoms with Gasteiger partial charge in [0.15, 0.2) is 0 Å². The molecule has 25 heavy (non-hydrogen) atoms. The van der Waals surface area contributed by atoms with Crippen molar-refractivity contribution in [2.45, 2.75) is 0 Å². The molecule has 128 valence electrons. The number of rotatable bonds is 1. The van der Waals surface area contributed by atoms with Crippen molar-refractivity contribution in [3.8, 4) is 0 Å². The van der Waals surface area contributed by atoms with E-state index in [4.69, 9.17) is 33.2 Å². The van der Waals surface area contributed by atoms with Crippen LogP contribution in [0.25, 0.3) is 22.1 Å². The molecule has 0 aliphatic carbocycles. The predicted molar refractivity (Wildman–Crippen MR) is 101 cm³/mol. The van der Waals surface area contributed by atoms with Gasteiger partial charge < -0.3 is 19.2 Å². The molecule has 0 saturated carbocycles. The Labute approximate surface area is 154 Å². The summed E-state index contributed by atoms with van der Waals surface area (Å²) in [5.41, 5.74) is 1.97. The lowest BCUT2D eigenvalue weighted by molar-refractivity contribution is 0.423. The molecule has 0 unspecified atom stereocenters. The van der Waals surface area contributed by atoms with E-state index in [9.17, 15) is 0 Å². The van der Waals surface area contributed by atoms with Gasteiger partial charge in [0.1, 0.15) is 21.6 Å². The summed E-state index contributed by atoms with van der Waals surface area (Å²) >= 11 is 11.5. The molecule has 4 aromatic heterocycles. The average Bonchev–Trinajstić information content (AvgIpc) is 3.09. The fourth-order valence-electron chi connectivity index (χ4n) is 2.55. The number of hydrogen-bond acceptors (Lipinski definition) is 4. The van der Waals surface area contributed by atoms with Gasteiger partial charge in [-0.25, -0.2) is 9.97 Å². The van der Waals surface area contributed by atoms with Crippen molar-refractivity contribution >= 4 is 58.0 Å². The highest BCUT2D eigenvalue weighted by Gasteiger charge is 2.17. The minimum Gasteiger partial charge on any atom is -0.422 e. The smallest absolute Gasteiger partial charge is 0.422 e. The second-order valence-corrected chi connectivity index (χ2v) is 6.30. The highest BCUT2D eigenvalue weighted by molar-refractivity contribution is 6.58. The highest BCUT2D eigenvalue weighted by atomic mass is 35.5. The summed E-state index contributed by atoms with van der Waals surface area (Å²) in [5.74, 6) is 0. The van der Waals surface area contributed by atoms with Crippen molar-refractivity contribution in [2.75, 3.05) is 0 Å². The molecular formula is C16H15BCl2N4O2. The van der Waals surface area contributed by atoms with Crippen LogP contribution in [0.15, 0.2) is 42.6 Å². The summed E-state index contributed by atoms with van der Waals surface area (Å²) in [6, 6.07) is 10.9. The monoisotopic (exact) mass is 376 g/mol. The molecule has 0 aliphatic rings. The van der Waals surface area contributed by atoms with Gasteiger partial charge >= 0.3 is 7.12 Å². The van der Waals surface area contributed by atoms with Gasteiger partial charge in [-0.2, -0.15) is 0 Å². The zero-order valence-corrected chi connectivity index (χ0v) is 15.1. The molecule has 2 N–H and O–H groups in total. The third kappa shape index (κ3) is 3.64. The van der Waals surface area contributed by atoms with Crippen molar-refractivity contribution in [3.63, 3.8) is 0 Å². The molecule has 4 rings (SSSR count). The second kappa shape index (κ2) is 7.05. The Morgan fingerprint density at radius 2 is 1.48 bits per heavy atom. The van der Waals surface area contributed by atoms with Crippen LogP contribution in [0.3, 0.4) is 0 Å². The molecule has 4 aromatic rings. The van der Waals surface area contributed by atoms with E-state index in [0.717, 1.165) is 16.4 Å². The number of fused-ring (bicyclic) bond motifs is 2. The van der Waals surface area contributed by atoms with Gasteiger partial charge in [-0.05, 0) is 36.4 Å². The van der Waals surface area contributed by atoms with Crippen molar-refractivity contribution in [2.24, 2.45) is 14.1 Å². The summed E-state index contributed by atoms with van der Waals surface area (Å²) in [4.78, 5) is 8.25. The van der Waals surface area contributed by atoms with Gasteiger partial charge in [-0.15, -0.1) is 0 Å². The van der Waals surface area contributed by atoms with Crippen LogP contribution < -0.4 is 5.59 Å². The molecule has 9 heteroatoms. The maximum absolute atomic E-state index is 9.05. The SMILES string of the molecule is Cn1c(B(O)O)cc2ccc(Cl)nc21.Cn1ccc2ccc(Cl)nc21. The molecule has 0 fully saturated rings. The van der Waals surface area contributed by atoms with Gasteiger partial charge in [0, 0.05) is 36.7 Å². The van der Waals surface area contributed by atoms with E-state index in [1.54, 1.807) is 35.9 Å². The summed E-state index contributed by atoms with van der Waals surface area (Å²) in [6.07, 6.45) is 1.97.